The van der Waals surface area contributed by atoms with Gasteiger partial charge in [0.15, 0.2) is 11.6 Å². The van der Waals surface area contributed by atoms with Crippen LogP contribution in [-0.2, 0) is 0 Å². The van der Waals surface area contributed by atoms with E-state index in [1.54, 1.807) is 33.9 Å². The lowest BCUT2D eigenvalue weighted by molar-refractivity contribution is 0.803. The Bertz CT molecular complexity index is 563. The third-order valence-electron chi connectivity index (χ3n) is 2.24. The second-order valence-corrected chi connectivity index (χ2v) is 3.84. The quantitative estimate of drug-likeness (QED) is 0.695. The molecular weight excluding hydrogens is 238 g/mol. The number of hydrogen-bond donors (Lipinski definition) is 0. The molecule has 0 aliphatic rings. The van der Waals surface area contributed by atoms with Gasteiger partial charge in [-0.2, -0.15) is 10.2 Å². The highest BCUT2D eigenvalue weighted by atomic mass is 35.5. The summed E-state index contributed by atoms with van der Waals surface area (Å²) in [5.41, 5.74) is 0. The van der Waals surface area contributed by atoms with E-state index >= 15 is 0 Å². The maximum atomic E-state index is 6.06. The van der Waals surface area contributed by atoms with Gasteiger partial charge in [0.2, 0.25) is 0 Å². The largest absolute Gasteiger partial charge is 0.223 e. The molecule has 0 fully saturated rings. The molecule has 0 spiro atoms. The molecule has 84 valence electrons. The van der Waals surface area contributed by atoms with Gasteiger partial charge in [-0.3, -0.25) is 0 Å². The standard InChI is InChI=1S/C11H8ClN5/c12-9-7-10(16-5-1-3-13-16)15-11(8-9)17-6-2-4-14-17/h1-8H. The van der Waals surface area contributed by atoms with Gasteiger partial charge in [-0.15, -0.1) is 0 Å². The molecule has 3 aromatic rings. The van der Waals surface area contributed by atoms with Crippen molar-refractivity contribution in [2.45, 2.75) is 0 Å². The first-order valence-electron chi connectivity index (χ1n) is 5.00. The van der Waals surface area contributed by atoms with Gasteiger partial charge in [0.25, 0.3) is 0 Å². The molecule has 0 amide bonds. The molecule has 0 radical (unpaired) electrons. The van der Waals surface area contributed by atoms with E-state index in [2.05, 4.69) is 15.2 Å². The predicted molar refractivity (Wildman–Crippen MR) is 63.5 cm³/mol. The Labute approximate surface area is 102 Å². The molecule has 0 N–H and O–H groups in total. The van der Waals surface area contributed by atoms with Crippen molar-refractivity contribution >= 4 is 11.6 Å². The van der Waals surface area contributed by atoms with Crippen LogP contribution in [0.4, 0.5) is 0 Å². The fourth-order valence-corrected chi connectivity index (χ4v) is 1.71. The zero-order chi connectivity index (χ0) is 11.7. The predicted octanol–water partition coefficient (Wildman–Crippen LogP) is 2.11. The van der Waals surface area contributed by atoms with Gasteiger partial charge in [0.1, 0.15) is 0 Å². The molecule has 0 saturated heterocycles. The smallest absolute Gasteiger partial charge is 0.157 e. The van der Waals surface area contributed by atoms with Crippen LogP contribution in [0, 0.1) is 0 Å². The zero-order valence-electron chi connectivity index (χ0n) is 8.73. The lowest BCUT2D eigenvalue weighted by Crippen LogP contribution is -2.03. The SMILES string of the molecule is Clc1cc(-n2cccn2)nc(-n2cccn2)c1. The van der Waals surface area contributed by atoms with Crippen molar-refractivity contribution in [1.82, 2.24) is 24.5 Å². The van der Waals surface area contributed by atoms with Crippen LogP contribution in [-0.4, -0.2) is 24.5 Å². The first-order valence-corrected chi connectivity index (χ1v) is 5.38. The van der Waals surface area contributed by atoms with Crippen molar-refractivity contribution < 1.29 is 0 Å². The van der Waals surface area contributed by atoms with Crippen LogP contribution < -0.4 is 0 Å². The van der Waals surface area contributed by atoms with Gasteiger partial charge in [0.05, 0.1) is 0 Å². The summed E-state index contributed by atoms with van der Waals surface area (Å²) >= 11 is 6.06. The Hall–Kier alpha value is -2.14. The van der Waals surface area contributed by atoms with E-state index < -0.39 is 0 Å². The molecule has 3 heterocycles. The van der Waals surface area contributed by atoms with Crippen molar-refractivity contribution in [2.75, 3.05) is 0 Å². The van der Waals surface area contributed by atoms with Crippen molar-refractivity contribution in [3.63, 3.8) is 0 Å². The molecule has 0 aliphatic heterocycles. The number of pyridine rings is 1. The Kier molecular flexibility index (Phi) is 2.38. The number of rotatable bonds is 2. The van der Waals surface area contributed by atoms with Crippen molar-refractivity contribution in [3.05, 3.63) is 54.1 Å². The highest BCUT2D eigenvalue weighted by molar-refractivity contribution is 6.30. The molecule has 3 aromatic heterocycles. The van der Waals surface area contributed by atoms with Gasteiger partial charge in [0, 0.05) is 41.9 Å². The van der Waals surface area contributed by atoms with Crippen LogP contribution in [0.5, 0.6) is 0 Å². The first-order chi connectivity index (χ1) is 8.33. The van der Waals surface area contributed by atoms with Gasteiger partial charge >= 0.3 is 0 Å². The second kappa shape index (κ2) is 4.03. The summed E-state index contributed by atoms with van der Waals surface area (Å²) in [5, 5.41) is 8.83. The number of hydrogen-bond acceptors (Lipinski definition) is 3. The summed E-state index contributed by atoms with van der Waals surface area (Å²) in [6.07, 6.45) is 7.00. The van der Waals surface area contributed by atoms with Crippen LogP contribution in [0.15, 0.2) is 49.1 Å². The molecule has 6 heteroatoms. The molecular formula is C11H8ClN5. The van der Waals surface area contributed by atoms with Crippen molar-refractivity contribution in [1.29, 1.82) is 0 Å². The fourth-order valence-electron chi connectivity index (χ4n) is 1.51. The minimum Gasteiger partial charge on any atom is -0.223 e. The maximum Gasteiger partial charge on any atom is 0.157 e. The summed E-state index contributed by atoms with van der Waals surface area (Å²) in [4.78, 5) is 4.44. The van der Waals surface area contributed by atoms with E-state index in [9.17, 15) is 0 Å². The van der Waals surface area contributed by atoms with E-state index in [4.69, 9.17) is 11.6 Å². The molecule has 3 rings (SSSR count). The highest BCUT2D eigenvalue weighted by Gasteiger charge is 2.05. The monoisotopic (exact) mass is 245 g/mol. The van der Waals surface area contributed by atoms with Gasteiger partial charge in [-0.05, 0) is 12.1 Å². The van der Waals surface area contributed by atoms with Crippen LogP contribution in [0.1, 0.15) is 0 Å². The molecule has 0 aliphatic carbocycles. The zero-order valence-corrected chi connectivity index (χ0v) is 9.49. The highest BCUT2D eigenvalue weighted by Crippen LogP contribution is 2.16. The summed E-state index contributed by atoms with van der Waals surface area (Å²) in [7, 11) is 0. The third-order valence-corrected chi connectivity index (χ3v) is 2.46. The van der Waals surface area contributed by atoms with Crippen LogP contribution >= 0.6 is 11.6 Å². The van der Waals surface area contributed by atoms with Crippen LogP contribution in [0.3, 0.4) is 0 Å². The normalized spacial score (nSPS) is 10.6. The molecule has 0 atom stereocenters. The molecule has 0 saturated carbocycles. The fraction of sp³-hybridized carbons (Fsp3) is 0. The summed E-state index contributed by atoms with van der Waals surface area (Å²) < 4.78 is 3.30. The third kappa shape index (κ3) is 1.92. The number of nitrogens with zero attached hydrogens (tertiary/aromatic N) is 5. The minimum absolute atomic E-state index is 0.594. The molecule has 0 aromatic carbocycles. The van der Waals surface area contributed by atoms with Crippen LogP contribution in [0.2, 0.25) is 5.02 Å². The summed E-state index contributed by atoms with van der Waals surface area (Å²) in [6.45, 7) is 0. The first kappa shape index (κ1) is 10.0. The number of aromatic nitrogens is 5. The van der Waals surface area contributed by atoms with Crippen molar-refractivity contribution in [3.8, 4) is 11.6 Å². The minimum atomic E-state index is 0.594. The Morgan fingerprint density at radius 2 is 1.41 bits per heavy atom. The summed E-state index contributed by atoms with van der Waals surface area (Å²) in [5.74, 6) is 1.32. The van der Waals surface area contributed by atoms with Gasteiger partial charge in [-0.25, -0.2) is 14.3 Å². The molecule has 5 nitrogen and oxygen atoms in total. The lowest BCUT2D eigenvalue weighted by atomic mass is 10.4. The van der Waals surface area contributed by atoms with Crippen LogP contribution in [0.25, 0.3) is 11.6 Å². The maximum absolute atomic E-state index is 6.06. The van der Waals surface area contributed by atoms with Gasteiger partial charge < -0.3 is 0 Å². The second-order valence-electron chi connectivity index (χ2n) is 3.40. The molecule has 0 unspecified atom stereocenters. The van der Waals surface area contributed by atoms with E-state index in [0.717, 1.165) is 0 Å². The van der Waals surface area contributed by atoms with E-state index in [-0.39, 0.29) is 0 Å². The van der Waals surface area contributed by atoms with Crippen molar-refractivity contribution in [2.24, 2.45) is 0 Å². The van der Waals surface area contributed by atoms with Gasteiger partial charge in [-0.1, -0.05) is 11.6 Å². The average molecular weight is 246 g/mol. The Balaban J connectivity index is 2.13. The van der Waals surface area contributed by atoms with E-state index in [1.165, 1.54) is 0 Å². The Morgan fingerprint density at radius 3 is 1.82 bits per heavy atom. The van der Waals surface area contributed by atoms with E-state index in [1.807, 2.05) is 24.5 Å². The summed E-state index contributed by atoms with van der Waals surface area (Å²) in [6, 6.07) is 7.16. The molecule has 17 heavy (non-hydrogen) atoms. The number of halogens is 1. The Morgan fingerprint density at radius 1 is 0.882 bits per heavy atom. The average Bonchev–Trinajstić information content (AvgIpc) is 3.02. The van der Waals surface area contributed by atoms with E-state index in [0.29, 0.717) is 16.7 Å². The topological polar surface area (TPSA) is 48.5 Å². The lowest BCUT2D eigenvalue weighted by Gasteiger charge is -2.05. The molecule has 0 bridgehead atoms.